The molecule has 0 aliphatic heterocycles. The third kappa shape index (κ3) is 3.40. The summed E-state index contributed by atoms with van der Waals surface area (Å²) in [4.78, 5) is 16.2. The van der Waals surface area contributed by atoms with E-state index >= 15 is 0 Å². The van der Waals surface area contributed by atoms with Gasteiger partial charge in [-0.1, -0.05) is 36.4 Å². The SMILES string of the molecule is O=C(NC(CO)CO)c1cccc(-c2ccccc2)n1. The fraction of sp³-hybridized carbons (Fsp3) is 0.200. The number of hydrogen-bond acceptors (Lipinski definition) is 4. The third-order valence-corrected chi connectivity index (χ3v) is 2.83. The highest BCUT2D eigenvalue weighted by Gasteiger charge is 2.13. The second kappa shape index (κ2) is 6.79. The predicted molar refractivity (Wildman–Crippen MR) is 75.1 cm³/mol. The molecule has 0 spiro atoms. The normalized spacial score (nSPS) is 10.6. The number of benzene rings is 1. The van der Waals surface area contributed by atoms with Crippen LogP contribution in [0.4, 0.5) is 0 Å². The first-order chi connectivity index (χ1) is 9.74. The molecule has 0 radical (unpaired) electrons. The molecule has 0 saturated carbocycles. The fourth-order valence-electron chi connectivity index (χ4n) is 1.74. The van der Waals surface area contributed by atoms with Crippen LogP contribution in [0.2, 0.25) is 0 Å². The highest BCUT2D eigenvalue weighted by molar-refractivity contribution is 5.93. The molecule has 20 heavy (non-hydrogen) atoms. The van der Waals surface area contributed by atoms with E-state index in [9.17, 15) is 4.79 Å². The smallest absolute Gasteiger partial charge is 0.270 e. The van der Waals surface area contributed by atoms with E-state index in [4.69, 9.17) is 10.2 Å². The molecule has 5 heteroatoms. The maximum absolute atomic E-state index is 12.0. The number of pyridine rings is 1. The molecule has 0 atom stereocenters. The summed E-state index contributed by atoms with van der Waals surface area (Å²) in [5.41, 5.74) is 1.86. The second-order valence-electron chi connectivity index (χ2n) is 4.31. The van der Waals surface area contributed by atoms with E-state index in [-0.39, 0.29) is 18.9 Å². The van der Waals surface area contributed by atoms with Crippen molar-refractivity contribution in [3.8, 4) is 11.3 Å². The van der Waals surface area contributed by atoms with Crippen LogP contribution < -0.4 is 5.32 Å². The summed E-state index contributed by atoms with van der Waals surface area (Å²) in [7, 11) is 0. The molecule has 104 valence electrons. The van der Waals surface area contributed by atoms with Crippen molar-refractivity contribution in [3.05, 3.63) is 54.2 Å². The Morgan fingerprint density at radius 1 is 1.05 bits per heavy atom. The Morgan fingerprint density at radius 2 is 1.75 bits per heavy atom. The summed E-state index contributed by atoms with van der Waals surface area (Å²) in [6, 6.07) is 14.0. The van der Waals surface area contributed by atoms with Crippen LogP contribution in [0.1, 0.15) is 10.5 Å². The van der Waals surface area contributed by atoms with E-state index in [0.717, 1.165) is 5.56 Å². The van der Waals surface area contributed by atoms with E-state index < -0.39 is 11.9 Å². The second-order valence-corrected chi connectivity index (χ2v) is 4.31. The number of aromatic nitrogens is 1. The van der Waals surface area contributed by atoms with Gasteiger partial charge in [0.1, 0.15) is 5.69 Å². The zero-order valence-corrected chi connectivity index (χ0v) is 10.9. The molecule has 0 aliphatic carbocycles. The number of carbonyl (C=O) groups excluding carboxylic acids is 1. The van der Waals surface area contributed by atoms with Crippen molar-refractivity contribution in [2.45, 2.75) is 6.04 Å². The van der Waals surface area contributed by atoms with Gasteiger partial charge in [0, 0.05) is 5.56 Å². The van der Waals surface area contributed by atoms with Gasteiger partial charge >= 0.3 is 0 Å². The molecule has 1 aromatic heterocycles. The van der Waals surface area contributed by atoms with Gasteiger partial charge in [-0.15, -0.1) is 0 Å². The number of hydrogen-bond donors (Lipinski definition) is 3. The van der Waals surface area contributed by atoms with Crippen LogP contribution in [0, 0.1) is 0 Å². The van der Waals surface area contributed by atoms with Gasteiger partial charge in [0.05, 0.1) is 24.9 Å². The first-order valence-corrected chi connectivity index (χ1v) is 6.29. The lowest BCUT2D eigenvalue weighted by Gasteiger charge is -2.13. The van der Waals surface area contributed by atoms with Crippen molar-refractivity contribution in [1.29, 1.82) is 0 Å². The number of nitrogens with zero attached hydrogens (tertiary/aromatic N) is 1. The minimum Gasteiger partial charge on any atom is -0.394 e. The third-order valence-electron chi connectivity index (χ3n) is 2.83. The molecular weight excluding hydrogens is 256 g/mol. The fourth-order valence-corrected chi connectivity index (χ4v) is 1.74. The van der Waals surface area contributed by atoms with Crippen molar-refractivity contribution in [3.63, 3.8) is 0 Å². The zero-order chi connectivity index (χ0) is 14.4. The average molecular weight is 272 g/mol. The van der Waals surface area contributed by atoms with Crippen LogP contribution >= 0.6 is 0 Å². The Kier molecular flexibility index (Phi) is 4.81. The standard InChI is InChI=1S/C15H16N2O3/c18-9-12(10-19)16-15(20)14-8-4-7-13(17-14)11-5-2-1-3-6-11/h1-8,12,18-19H,9-10H2,(H,16,20). The molecular formula is C15H16N2O3. The Bertz CT molecular complexity index is 568. The van der Waals surface area contributed by atoms with Gasteiger partial charge in [0.15, 0.2) is 0 Å². The molecule has 0 fully saturated rings. The lowest BCUT2D eigenvalue weighted by Crippen LogP contribution is -2.40. The predicted octanol–water partition coefficient (Wildman–Crippen LogP) is 0.832. The van der Waals surface area contributed by atoms with E-state index in [1.54, 1.807) is 12.1 Å². The highest BCUT2D eigenvalue weighted by atomic mass is 16.3. The number of rotatable bonds is 5. The van der Waals surface area contributed by atoms with Gasteiger partial charge in [-0.25, -0.2) is 4.98 Å². The lowest BCUT2D eigenvalue weighted by molar-refractivity contribution is 0.0874. The molecule has 1 amide bonds. The zero-order valence-electron chi connectivity index (χ0n) is 10.9. The van der Waals surface area contributed by atoms with Gasteiger partial charge < -0.3 is 15.5 Å². The van der Waals surface area contributed by atoms with Crippen LogP contribution in [-0.2, 0) is 0 Å². The minimum atomic E-state index is -0.676. The molecule has 2 rings (SSSR count). The van der Waals surface area contributed by atoms with E-state index in [0.29, 0.717) is 5.69 Å². The van der Waals surface area contributed by atoms with Crippen LogP contribution in [0.3, 0.4) is 0 Å². The topological polar surface area (TPSA) is 82.5 Å². The number of carbonyl (C=O) groups is 1. The summed E-state index contributed by atoms with van der Waals surface area (Å²) in [6.45, 7) is -0.638. The molecule has 5 nitrogen and oxygen atoms in total. The van der Waals surface area contributed by atoms with Gasteiger partial charge in [0.2, 0.25) is 0 Å². The molecule has 0 aliphatic rings. The minimum absolute atomic E-state index is 0.248. The number of nitrogens with one attached hydrogen (secondary N) is 1. The molecule has 1 aromatic carbocycles. The quantitative estimate of drug-likeness (QED) is 0.753. The number of aliphatic hydroxyl groups excluding tert-OH is 2. The molecule has 0 unspecified atom stereocenters. The summed E-state index contributed by atoms with van der Waals surface area (Å²) in [5.74, 6) is -0.420. The van der Waals surface area contributed by atoms with E-state index in [1.807, 2.05) is 36.4 Å². The number of aliphatic hydroxyl groups is 2. The van der Waals surface area contributed by atoms with Crippen molar-refractivity contribution in [2.24, 2.45) is 0 Å². The molecule has 0 bridgehead atoms. The lowest BCUT2D eigenvalue weighted by atomic mass is 10.1. The van der Waals surface area contributed by atoms with Crippen molar-refractivity contribution in [1.82, 2.24) is 10.3 Å². The largest absolute Gasteiger partial charge is 0.394 e. The molecule has 0 saturated heterocycles. The summed E-state index contributed by atoms with van der Waals surface area (Å²) in [5, 5.41) is 20.4. The van der Waals surface area contributed by atoms with Crippen molar-refractivity contribution >= 4 is 5.91 Å². The van der Waals surface area contributed by atoms with Crippen LogP contribution in [-0.4, -0.2) is 40.4 Å². The van der Waals surface area contributed by atoms with Gasteiger partial charge in [0.25, 0.3) is 5.91 Å². The summed E-state index contributed by atoms with van der Waals surface area (Å²) in [6.07, 6.45) is 0. The molecule has 1 heterocycles. The average Bonchev–Trinajstić information content (AvgIpc) is 2.53. The Morgan fingerprint density at radius 3 is 2.40 bits per heavy atom. The van der Waals surface area contributed by atoms with Gasteiger partial charge in [-0.2, -0.15) is 0 Å². The summed E-state index contributed by atoms with van der Waals surface area (Å²) < 4.78 is 0. The maximum atomic E-state index is 12.0. The Balaban J connectivity index is 2.20. The van der Waals surface area contributed by atoms with Gasteiger partial charge in [-0.05, 0) is 12.1 Å². The van der Waals surface area contributed by atoms with E-state index in [1.165, 1.54) is 0 Å². The Hall–Kier alpha value is -2.24. The Labute approximate surface area is 116 Å². The highest BCUT2D eigenvalue weighted by Crippen LogP contribution is 2.16. The monoisotopic (exact) mass is 272 g/mol. The molecule has 3 N–H and O–H groups in total. The van der Waals surface area contributed by atoms with Crippen molar-refractivity contribution in [2.75, 3.05) is 13.2 Å². The molecule has 2 aromatic rings. The first-order valence-electron chi connectivity index (χ1n) is 6.29. The van der Waals surface area contributed by atoms with Crippen LogP contribution in [0.25, 0.3) is 11.3 Å². The maximum Gasteiger partial charge on any atom is 0.270 e. The number of amides is 1. The first kappa shape index (κ1) is 14.2. The summed E-state index contributed by atoms with van der Waals surface area (Å²) >= 11 is 0. The van der Waals surface area contributed by atoms with Crippen LogP contribution in [0.15, 0.2) is 48.5 Å². The van der Waals surface area contributed by atoms with Crippen LogP contribution in [0.5, 0.6) is 0 Å². The van der Waals surface area contributed by atoms with E-state index in [2.05, 4.69) is 10.3 Å². The van der Waals surface area contributed by atoms with Crippen molar-refractivity contribution < 1.29 is 15.0 Å². The van der Waals surface area contributed by atoms with Gasteiger partial charge in [-0.3, -0.25) is 4.79 Å².